The molecule has 3 heterocycles. The molecule has 0 aliphatic carbocycles. The van der Waals surface area contributed by atoms with Gasteiger partial charge in [-0.05, 0) is 6.92 Å². The van der Waals surface area contributed by atoms with E-state index in [2.05, 4.69) is 26.9 Å². The molecule has 0 radical (unpaired) electrons. The number of nitrogen functional groups attached to an aromatic ring is 1. The van der Waals surface area contributed by atoms with Gasteiger partial charge in [0.1, 0.15) is 17.7 Å². The predicted molar refractivity (Wildman–Crippen MR) is 71.8 cm³/mol. The predicted octanol–water partition coefficient (Wildman–Crippen LogP) is -0.0921. The SMILES string of the molecule is Cc1nc2ncnn2c(N)c1C#CC1(O)CCOCC1. The lowest BCUT2D eigenvalue weighted by Gasteiger charge is -2.26. The van der Waals surface area contributed by atoms with Gasteiger partial charge in [-0.3, -0.25) is 0 Å². The molecule has 0 spiro atoms. The Hall–Kier alpha value is -2.17. The molecular weight excluding hydrogens is 258 g/mol. The molecule has 3 N–H and O–H groups in total. The molecule has 0 saturated carbocycles. The van der Waals surface area contributed by atoms with Crippen LogP contribution in [0.25, 0.3) is 5.78 Å². The highest BCUT2D eigenvalue weighted by atomic mass is 16.5. The maximum atomic E-state index is 10.3. The molecule has 2 aromatic heterocycles. The van der Waals surface area contributed by atoms with Crippen molar-refractivity contribution in [2.24, 2.45) is 0 Å². The molecule has 1 aliphatic heterocycles. The van der Waals surface area contributed by atoms with E-state index in [1.807, 2.05) is 6.92 Å². The van der Waals surface area contributed by atoms with E-state index in [9.17, 15) is 5.11 Å². The first kappa shape index (κ1) is 12.8. The van der Waals surface area contributed by atoms with Crippen molar-refractivity contribution >= 4 is 11.6 Å². The zero-order valence-corrected chi connectivity index (χ0v) is 11.1. The zero-order valence-electron chi connectivity index (χ0n) is 11.1. The molecule has 0 aromatic carbocycles. The Labute approximate surface area is 115 Å². The molecule has 1 saturated heterocycles. The number of aryl methyl sites for hydroxylation is 1. The van der Waals surface area contributed by atoms with E-state index in [-0.39, 0.29) is 0 Å². The smallest absolute Gasteiger partial charge is 0.254 e. The third-order valence-electron chi connectivity index (χ3n) is 3.38. The van der Waals surface area contributed by atoms with E-state index >= 15 is 0 Å². The summed E-state index contributed by atoms with van der Waals surface area (Å²) in [5.74, 6) is 6.66. The molecule has 7 heteroatoms. The minimum absolute atomic E-state index is 0.383. The average Bonchev–Trinajstić information content (AvgIpc) is 2.87. The van der Waals surface area contributed by atoms with Crippen molar-refractivity contribution in [2.75, 3.05) is 18.9 Å². The number of hydrogen-bond acceptors (Lipinski definition) is 6. The molecule has 104 valence electrons. The van der Waals surface area contributed by atoms with Gasteiger partial charge in [0.05, 0.1) is 24.5 Å². The Bertz CT molecular complexity index is 707. The fourth-order valence-corrected chi connectivity index (χ4v) is 2.15. The van der Waals surface area contributed by atoms with Gasteiger partial charge < -0.3 is 15.6 Å². The molecule has 0 atom stereocenters. The molecule has 0 bridgehead atoms. The van der Waals surface area contributed by atoms with Gasteiger partial charge in [0.15, 0.2) is 0 Å². The van der Waals surface area contributed by atoms with Gasteiger partial charge in [-0.1, -0.05) is 11.8 Å². The Kier molecular flexibility index (Phi) is 3.04. The van der Waals surface area contributed by atoms with Crippen LogP contribution >= 0.6 is 0 Å². The molecule has 7 nitrogen and oxygen atoms in total. The molecule has 1 aliphatic rings. The maximum Gasteiger partial charge on any atom is 0.254 e. The van der Waals surface area contributed by atoms with E-state index in [1.165, 1.54) is 10.8 Å². The summed E-state index contributed by atoms with van der Waals surface area (Å²) in [6, 6.07) is 0. The number of hydrogen-bond donors (Lipinski definition) is 2. The number of nitrogens with zero attached hydrogens (tertiary/aromatic N) is 4. The van der Waals surface area contributed by atoms with Crippen LogP contribution in [0.2, 0.25) is 0 Å². The fourth-order valence-electron chi connectivity index (χ4n) is 2.15. The first-order valence-electron chi connectivity index (χ1n) is 6.38. The third kappa shape index (κ3) is 2.19. The number of fused-ring (bicyclic) bond motifs is 1. The quantitative estimate of drug-likeness (QED) is 0.651. The summed E-state index contributed by atoms with van der Waals surface area (Å²) >= 11 is 0. The molecule has 1 fully saturated rings. The molecule has 20 heavy (non-hydrogen) atoms. The highest BCUT2D eigenvalue weighted by Gasteiger charge is 2.27. The van der Waals surface area contributed by atoms with Gasteiger partial charge in [0.25, 0.3) is 5.78 Å². The Morgan fingerprint density at radius 2 is 2.20 bits per heavy atom. The van der Waals surface area contributed by atoms with Crippen LogP contribution in [0.5, 0.6) is 0 Å². The average molecular weight is 273 g/mol. The van der Waals surface area contributed by atoms with Crippen LogP contribution in [0.15, 0.2) is 6.33 Å². The topological polar surface area (TPSA) is 98.6 Å². The molecular formula is C13H15N5O2. The second kappa shape index (κ2) is 4.74. The van der Waals surface area contributed by atoms with Gasteiger partial charge in [-0.15, -0.1) is 0 Å². The highest BCUT2D eigenvalue weighted by molar-refractivity contribution is 5.57. The van der Waals surface area contributed by atoms with Crippen LogP contribution in [0.1, 0.15) is 24.1 Å². The van der Waals surface area contributed by atoms with E-state index < -0.39 is 5.60 Å². The van der Waals surface area contributed by atoms with Crippen LogP contribution in [-0.2, 0) is 4.74 Å². The highest BCUT2D eigenvalue weighted by Crippen LogP contribution is 2.20. The third-order valence-corrected chi connectivity index (χ3v) is 3.38. The van der Waals surface area contributed by atoms with Gasteiger partial charge >= 0.3 is 0 Å². The Morgan fingerprint density at radius 3 is 2.95 bits per heavy atom. The lowest BCUT2D eigenvalue weighted by molar-refractivity contribution is -0.0261. The number of rotatable bonds is 0. The Morgan fingerprint density at radius 1 is 1.45 bits per heavy atom. The normalized spacial score (nSPS) is 17.7. The number of anilines is 1. The summed E-state index contributed by atoms with van der Waals surface area (Å²) in [6.45, 7) is 2.84. The summed E-state index contributed by atoms with van der Waals surface area (Å²) in [4.78, 5) is 8.28. The minimum Gasteiger partial charge on any atom is -0.382 e. The van der Waals surface area contributed by atoms with E-state index in [0.29, 0.717) is 48.9 Å². The number of aromatic nitrogens is 4. The van der Waals surface area contributed by atoms with E-state index in [1.54, 1.807) is 0 Å². The van der Waals surface area contributed by atoms with E-state index in [4.69, 9.17) is 10.5 Å². The van der Waals surface area contributed by atoms with Crippen LogP contribution in [0.3, 0.4) is 0 Å². The molecule has 0 unspecified atom stereocenters. The summed E-state index contributed by atoms with van der Waals surface area (Å²) in [7, 11) is 0. The summed E-state index contributed by atoms with van der Waals surface area (Å²) in [6.07, 6.45) is 2.39. The van der Waals surface area contributed by atoms with Crippen LogP contribution in [0, 0.1) is 18.8 Å². The number of ether oxygens (including phenoxy) is 1. The first-order valence-corrected chi connectivity index (χ1v) is 6.38. The van der Waals surface area contributed by atoms with Crippen LogP contribution in [-0.4, -0.2) is 43.5 Å². The van der Waals surface area contributed by atoms with E-state index in [0.717, 1.165) is 0 Å². The van der Waals surface area contributed by atoms with Crippen molar-refractivity contribution < 1.29 is 9.84 Å². The van der Waals surface area contributed by atoms with Crippen molar-refractivity contribution in [2.45, 2.75) is 25.4 Å². The summed E-state index contributed by atoms with van der Waals surface area (Å²) < 4.78 is 6.66. The molecule has 0 amide bonds. The summed E-state index contributed by atoms with van der Waals surface area (Å²) in [5.41, 5.74) is 6.26. The summed E-state index contributed by atoms with van der Waals surface area (Å²) in [5, 5.41) is 14.3. The minimum atomic E-state index is -1.02. The van der Waals surface area contributed by atoms with Gasteiger partial charge in [-0.2, -0.15) is 14.6 Å². The first-order chi connectivity index (χ1) is 9.59. The maximum absolute atomic E-state index is 10.3. The second-order valence-corrected chi connectivity index (χ2v) is 4.82. The number of nitrogens with two attached hydrogens (primary N) is 1. The molecule has 2 aromatic rings. The zero-order chi connectivity index (χ0) is 14.2. The van der Waals surface area contributed by atoms with Gasteiger partial charge in [-0.25, -0.2) is 4.98 Å². The van der Waals surface area contributed by atoms with Crippen LogP contribution in [0.4, 0.5) is 5.82 Å². The monoisotopic (exact) mass is 273 g/mol. The van der Waals surface area contributed by atoms with Crippen molar-refractivity contribution in [3.63, 3.8) is 0 Å². The molecule has 3 rings (SSSR count). The second-order valence-electron chi connectivity index (χ2n) is 4.82. The van der Waals surface area contributed by atoms with Gasteiger partial charge in [0.2, 0.25) is 0 Å². The lowest BCUT2D eigenvalue weighted by Crippen LogP contribution is -2.34. The van der Waals surface area contributed by atoms with Crippen molar-refractivity contribution in [3.8, 4) is 11.8 Å². The van der Waals surface area contributed by atoms with Crippen molar-refractivity contribution in [1.82, 2.24) is 19.6 Å². The fraction of sp³-hybridized carbons (Fsp3) is 0.462. The number of aliphatic hydroxyl groups is 1. The lowest BCUT2D eigenvalue weighted by atomic mass is 9.95. The van der Waals surface area contributed by atoms with Crippen molar-refractivity contribution in [1.29, 1.82) is 0 Å². The van der Waals surface area contributed by atoms with Gasteiger partial charge in [0, 0.05) is 12.8 Å². The standard InChI is InChI=1S/C13H15N5O2/c1-9-10(2-3-13(19)4-6-20-7-5-13)11(14)18-12(17-9)15-8-16-18/h8,19H,4-7,14H2,1H3. The van der Waals surface area contributed by atoms with Crippen LogP contribution < -0.4 is 5.73 Å². The largest absolute Gasteiger partial charge is 0.382 e. The Balaban J connectivity index is 2.02. The van der Waals surface area contributed by atoms with Crippen molar-refractivity contribution in [3.05, 3.63) is 17.6 Å².